The van der Waals surface area contributed by atoms with E-state index >= 15 is 0 Å². The molecule has 2 aliphatic rings. The largest absolute Gasteiger partial charge is 0.350 e. The lowest BCUT2D eigenvalue weighted by Crippen LogP contribution is -2.38. The molecule has 0 radical (unpaired) electrons. The van der Waals surface area contributed by atoms with Crippen LogP contribution in [0, 0.1) is 5.92 Å². The average Bonchev–Trinajstić information content (AvgIpc) is 3.02. The first-order chi connectivity index (χ1) is 19.7. The lowest BCUT2D eigenvalue weighted by Gasteiger charge is -2.32. The van der Waals surface area contributed by atoms with Crippen LogP contribution in [-0.4, -0.2) is 51.4 Å². The number of anilines is 1. The summed E-state index contributed by atoms with van der Waals surface area (Å²) in [6, 6.07) is 17.4. The maximum absolute atomic E-state index is 13.5. The standard InChI is InChI=1S/C30H32N6O4/c37-28(34-40-26-12-6-7-17-39-26)23-18-31-30(32-19-23)35-15-13-21(14-16-35)20-36-27(22-8-2-1-3-9-22)33-25-11-5-4-10-24(25)29(36)38/h1-5,8-11,18-19,21,26H,6-7,12-17,20H2,(H,34,37). The Morgan fingerprint density at radius 2 is 1.73 bits per heavy atom. The van der Waals surface area contributed by atoms with E-state index in [4.69, 9.17) is 14.6 Å². The monoisotopic (exact) mass is 540 g/mol. The molecule has 0 bridgehead atoms. The predicted molar refractivity (Wildman–Crippen MR) is 151 cm³/mol. The van der Waals surface area contributed by atoms with E-state index in [1.165, 1.54) is 12.4 Å². The van der Waals surface area contributed by atoms with Crippen LogP contribution in [0.5, 0.6) is 0 Å². The van der Waals surface area contributed by atoms with Crippen molar-refractivity contribution < 1.29 is 14.4 Å². The van der Waals surface area contributed by atoms with Gasteiger partial charge >= 0.3 is 0 Å². The maximum Gasteiger partial charge on any atom is 0.278 e. The van der Waals surface area contributed by atoms with Gasteiger partial charge in [-0.2, -0.15) is 0 Å². The lowest BCUT2D eigenvalue weighted by atomic mass is 9.96. The minimum atomic E-state index is -0.413. The number of nitrogens with one attached hydrogen (secondary N) is 1. The van der Waals surface area contributed by atoms with Crippen LogP contribution in [0.15, 0.2) is 71.8 Å². The summed E-state index contributed by atoms with van der Waals surface area (Å²) in [5.74, 6) is 1.19. The number of rotatable bonds is 7. The number of para-hydroxylation sites is 1. The number of fused-ring (bicyclic) bond motifs is 1. The first-order valence-electron chi connectivity index (χ1n) is 13.9. The van der Waals surface area contributed by atoms with Gasteiger partial charge in [0.2, 0.25) is 5.95 Å². The summed E-state index contributed by atoms with van der Waals surface area (Å²) in [4.78, 5) is 47.2. The highest BCUT2D eigenvalue weighted by atomic mass is 16.8. The number of carbonyl (C=O) groups excluding carboxylic acids is 1. The van der Waals surface area contributed by atoms with Gasteiger partial charge in [0.1, 0.15) is 5.82 Å². The van der Waals surface area contributed by atoms with Gasteiger partial charge in [0.15, 0.2) is 6.29 Å². The minimum Gasteiger partial charge on any atom is -0.350 e. The number of aromatic nitrogens is 4. The van der Waals surface area contributed by atoms with Crippen LogP contribution in [-0.2, 0) is 16.1 Å². The first-order valence-corrected chi connectivity index (χ1v) is 13.9. The smallest absolute Gasteiger partial charge is 0.278 e. The predicted octanol–water partition coefficient (Wildman–Crippen LogP) is 3.96. The molecule has 2 aromatic carbocycles. The van der Waals surface area contributed by atoms with Crippen LogP contribution >= 0.6 is 0 Å². The molecule has 10 nitrogen and oxygen atoms in total. The van der Waals surface area contributed by atoms with Crippen molar-refractivity contribution in [3.8, 4) is 11.4 Å². The molecule has 0 aliphatic carbocycles. The highest BCUT2D eigenvalue weighted by Gasteiger charge is 2.24. The van der Waals surface area contributed by atoms with E-state index in [0.29, 0.717) is 47.3 Å². The molecule has 1 N–H and O–H groups in total. The van der Waals surface area contributed by atoms with E-state index in [1.54, 1.807) is 0 Å². The zero-order chi connectivity index (χ0) is 27.3. The summed E-state index contributed by atoms with van der Waals surface area (Å²) in [7, 11) is 0. The molecular weight excluding hydrogens is 508 g/mol. The molecule has 1 atom stereocenters. The molecule has 2 aromatic heterocycles. The van der Waals surface area contributed by atoms with E-state index in [1.807, 2.05) is 59.2 Å². The summed E-state index contributed by atoms with van der Waals surface area (Å²) < 4.78 is 7.30. The molecule has 2 saturated heterocycles. The molecule has 0 saturated carbocycles. The number of ether oxygens (including phenoxy) is 1. The molecule has 2 fully saturated rings. The van der Waals surface area contributed by atoms with Gasteiger partial charge in [-0.15, -0.1) is 0 Å². The zero-order valence-corrected chi connectivity index (χ0v) is 22.2. The van der Waals surface area contributed by atoms with Gasteiger partial charge in [-0.1, -0.05) is 42.5 Å². The topological polar surface area (TPSA) is 111 Å². The summed E-state index contributed by atoms with van der Waals surface area (Å²) in [6.45, 7) is 2.75. The fourth-order valence-electron chi connectivity index (χ4n) is 5.30. The Kier molecular flexibility index (Phi) is 7.78. The van der Waals surface area contributed by atoms with Crippen LogP contribution in [0.4, 0.5) is 5.95 Å². The number of carbonyl (C=O) groups is 1. The molecular formula is C30H32N6O4. The van der Waals surface area contributed by atoms with Gasteiger partial charge in [0.05, 0.1) is 16.5 Å². The minimum absolute atomic E-state index is 0.0110. The molecule has 4 aromatic rings. The van der Waals surface area contributed by atoms with Gasteiger partial charge in [-0.3, -0.25) is 14.2 Å². The number of amides is 1. The summed E-state index contributed by atoms with van der Waals surface area (Å²) >= 11 is 0. The molecule has 4 heterocycles. The van der Waals surface area contributed by atoms with Gasteiger partial charge in [-0.25, -0.2) is 25.3 Å². The number of nitrogens with zero attached hydrogens (tertiary/aromatic N) is 5. The SMILES string of the molecule is O=C(NOC1CCCCO1)c1cnc(N2CCC(Cn3c(-c4ccccc4)nc4ccccc4c3=O)CC2)nc1. The van der Waals surface area contributed by atoms with E-state index in [2.05, 4.69) is 20.3 Å². The van der Waals surface area contributed by atoms with Crippen molar-refractivity contribution in [3.63, 3.8) is 0 Å². The van der Waals surface area contributed by atoms with Crippen LogP contribution in [0.25, 0.3) is 22.3 Å². The van der Waals surface area contributed by atoms with Crippen molar-refractivity contribution in [2.45, 2.75) is 44.9 Å². The van der Waals surface area contributed by atoms with E-state index in [-0.39, 0.29) is 5.56 Å². The Labute approximate surface area is 231 Å². The molecule has 206 valence electrons. The van der Waals surface area contributed by atoms with Gasteiger partial charge in [0, 0.05) is 50.6 Å². The lowest BCUT2D eigenvalue weighted by molar-refractivity contribution is -0.186. The second kappa shape index (κ2) is 11.9. The zero-order valence-electron chi connectivity index (χ0n) is 22.2. The highest BCUT2D eigenvalue weighted by Crippen LogP contribution is 2.25. The Balaban J connectivity index is 1.10. The van der Waals surface area contributed by atoms with E-state index < -0.39 is 12.2 Å². The van der Waals surface area contributed by atoms with Crippen molar-refractivity contribution in [2.24, 2.45) is 5.92 Å². The van der Waals surface area contributed by atoms with Crippen LogP contribution in [0.3, 0.4) is 0 Å². The number of hydrogen-bond acceptors (Lipinski definition) is 8. The fourth-order valence-corrected chi connectivity index (χ4v) is 5.30. The number of piperidine rings is 1. The Hall–Kier alpha value is -4.15. The Bertz CT molecular complexity index is 1510. The van der Waals surface area contributed by atoms with Gasteiger partial charge < -0.3 is 9.64 Å². The Morgan fingerprint density at radius 1 is 0.975 bits per heavy atom. The second-order valence-electron chi connectivity index (χ2n) is 10.3. The van der Waals surface area contributed by atoms with Crippen LogP contribution in [0.2, 0.25) is 0 Å². The quantitative estimate of drug-likeness (QED) is 0.351. The van der Waals surface area contributed by atoms with Crippen molar-refractivity contribution in [3.05, 3.63) is 82.9 Å². The Morgan fingerprint density at radius 3 is 2.48 bits per heavy atom. The van der Waals surface area contributed by atoms with E-state index in [0.717, 1.165) is 50.8 Å². The van der Waals surface area contributed by atoms with Crippen LogP contribution < -0.4 is 15.9 Å². The third-order valence-corrected chi connectivity index (χ3v) is 7.55. The van der Waals surface area contributed by atoms with Gasteiger partial charge in [-0.05, 0) is 43.7 Å². The number of hydrogen-bond donors (Lipinski definition) is 1. The summed E-state index contributed by atoms with van der Waals surface area (Å²) in [6.07, 6.45) is 7.16. The molecule has 0 spiro atoms. The molecule has 6 rings (SSSR count). The molecule has 1 unspecified atom stereocenters. The molecule has 10 heteroatoms. The number of benzene rings is 2. The van der Waals surface area contributed by atoms with Crippen LogP contribution in [0.1, 0.15) is 42.5 Å². The summed E-state index contributed by atoms with van der Waals surface area (Å²) in [5, 5.41) is 0.633. The van der Waals surface area contributed by atoms with Crippen molar-refractivity contribution in [2.75, 3.05) is 24.6 Å². The number of hydroxylamine groups is 1. The van der Waals surface area contributed by atoms with Gasteiger partial charge in [0.25, 0.3) is 11.5 Å². The second-order valence-corrected chi connectivity index (χ2v) is 10.3. The normalized spacial score (nSPS) is 18.1. The first kappa shape index (κ1) is 26.1. The third kappa shape index (κ3) is 5.73. The third-order valence-electron chi connectivity index (χ3n) is 7.55. The van der Waals surface area contributed by atoms with Crippen molar-refractivity contribution >= 4 is 22.8 Å². The molecule has 1 amide bonds. The maximum atomic E-state index is 13.5. The highest BCUT2D eigenvalue weighted by molar-refractivity contribution is 5.92. The molecule has 40 heavy (non-hydrogen) atoms. The molecule has 2 aliphatic heterocycles. The summed E-state index contributed by atoms with van der Waals surface area (Å²) in [5.41, 5.74) is 4.39. The average molecular weight is 541 g/mol. The van der Waals surface area contributed by atoms with E-state index in [9.17, 15) is 9.59 Å². The fraction of sp³-hybridized carbons (Fsp3) is 0.367. The van der Waals surface area contributed by atoms with Crippen molar-refractivity contribution in [1.82, 2.24) is 25.0 Å². The van der Waals surface area contributed by atoms with Crippen molar-refractivity contribution in [1.29, 1.82) is 0 Å².